The minimum atomic E-state index is 0.450. The highest BCUT2D eigenvalue weighted by atomic mass is 32.1. The number of nitrogens with zero attached hydrogens (tertiary/aromatic N) is 4. The van der Waals surface area contributed by atoms with E-state index in [1.54, 1.807) is 0 Å². The average molecular weight is 673 g/mol. The van der Waals surface area contributed by atoms with Crippen molar-refractivity contribution in [1.29, 1.82) is 0 Å². The zero-order chi connectivity index (χ0) is 33.9. The van der Waals surface area contributed by atoms with E-state index in [9.17, 15) is 0 Å². The second kappa shape index (κ2) is 12.0. The van der Waals surface area contributed by atoms with E-state index in [1.165, 1.54) is 37.0 Å². The molecule has 1 atom stereocenters. The van der Waals surface area contributed by atoms with Gasteiger partial charge in [0.1, 0.15) is 0 Å². The second-order valence-corrected chi connectivity index (χ2v) is 14.4. The molecule has 1 aliphatic carbocycles. The van der Waals surface area contributed by atoms with Crippen LogP contribution in [0.3, 0.4) is 0 Å². The highest BCUT2D eigenvalue weighted by Crippen LogP contribution is 2.46. The van der Waals surface area contributed by atoms with Crippen LogP contribution >= 0.6 is 11.3 Å². The van der Waals surface area contributed by atoms with Gasteiger partial charge in [-0.25, -0.2) is 15.0 Å². The van der Waals surface area contributed by atoms with Gasteiger partial charge in [0.25, 0.3) is 0 Å². The summed E-state index contributed by atoms with van der Waals surface area (Å²) in [5, 5.41) is 3.61. The van der Waals surface area contributed by atoms with E-state index in [0.29, 0.717) is 23.4 Å². The maximum atomic E-state index is 5.29. The third-order valence-corrected chi connectivity index (χ3v) is 11.5. The van der Waals surface area contributed by atoms with Gasteiger partial charge in [0.15, 0.2) is 17.5 Å². The highest BCUT2D eigenvalue weighted by molar-refractivity contribution is 7.19. The van der Waals surface area contributed by atoms with E-state index in [-0.39, 0.29) is 0 Å². The first-order chi connectivity index (χ1) is 25.2. The largest absolute Gasteiger partial charge is 0.309 e. The van der Waals surface area contributed by atoms with Gasteiger partial charge in [-0.1, -0.05) is 116 Å². The number of hydrogen-bond acceptors (Lipinski definition) is 4. The molecule has 0 saturated heterocycles. The minimum absolute atomic E-state index is 0.450. The second-order valence-electron chi connectivity index (χ2n) is 13.3. The summed E-state index contributed by atoms with van der Waals surface area (Å²) in [6.07, 6.45) is 3.45. The van der Waals surface area contributed by atoms with Crippen LogP contribution in [0.25, 0.3) is 83.4 Å². The number of allylic oxidation sites excluding steroid dienone is 1. The monoisotopic (exact) mass is 672 g/mol. The molecule has 0 aliphatic heterocycles. The molecule has 6 aromatic carbocycles. The average Bonchev–Trinajstić information content (AvgIpc) is 3.75. The smallest absolute Gasteiger partial charge is 0.166 e. The summed E-state index contributed by atoms with van der Waals surface area (Å²) in [6, 6.07) is 53.3. The molecule has 4 nitrogen and oxygen atoms in total. The fraction of sp³-hybridized carbons (Fsp3) is 0.0652. The zero-order valence-corrected chi connectivity index (χ0v) is 28.8. The van der Waals surface area contributed by atoms with E-state index >= 15 is 0 Å². The molecule has 0 N–H and O–H groups in total. The Balaban J connectivity index is 1.21. The molecule has 10 rings (SSSR count). The summed E-state index contributed by atoms with van der Waals surface area (Å²) in [5.74, 6) is 2.42. The SMILES string of the molecule is C[C@H]1CC(c2ccccc2)=Cc2c1sc1ccc(-c3nc(-c4ccccc4)nc(-c4cccc5c6ccccc6n(-c6ccccc6)c45)n3)cc21. The van der Waals surface area contributed by atoms with Crippen LogP contribution in [-0.4, -0.2) is 19.5 Å². The summed E-state index contributed by atoms with van der Waals surface area (Å²) in [5.41, 5.74) is 10.2. The van der Waals surface area contributed by atoms with Crippen LogP contribution in [0.15, 0.2) is 152 Å². The van der Waals surface area contributed by atoms with Crippen molar-refractivity contribution >= 4 is 54.9 Å². The third-order valence-electron chi connectivity index (χ3n) is 10.1. The molecule has 0 bridgehead atoms. The van der Waals surface area contributed by atoms with Crippen LogP contribution in [0, 0.1) is 0 Å². The van der Waals surface area contributed by atoms with Crippen molar-refractivity contribution in [3.05, 3.63) is 168 Å². The molecular weight excluding hydrogens is 641 g/mol. The number of aromatic nitrogens is 4. The van der Waals surface area contributed by atoms with Gasteiger partial charge in [0, 0.05) is 48.1 Å². The van der Waals surface area contributed by atoms with E-state index in [4.69, 9.17) is 15.0 Å². The molecule has 0 unspecified atom stereocenters. The first-order valence-electron chi connectivity index (χ1n) is 17.4. The Kier molecular flexibility index (Phi) is 7.00. The lowest BCUT2D eigenvalue weighted by Crippen LogP contribution is -2.02. The number of para-hydroxylation sites is 3. The van der Waals surface area contributed by atoms with Gasteiger partial charge in [-0.15, -0.1) is 11.3 Å². The summed E-state index contributed by atoms with van der Waals surface area (Å²) in [7, 11) is 0. The Hall–Kier alpha value is -6.17. The van der Waals surface area contributed by atoms with Gasteiger partial charge >= 0.3 is 0 Å². The number of thiophene rings is 1. The van der Waals surface area contributed by atoms with Crippen LogP contribution in [0.1, 0.15) is 35.3 Å². The Morgan fingerprint density at radius 1 is 0.569 bits per heavy atom. The van der Waals surface area contributed by atoms with Crippen LogP contribution in [0.4, 0.5) is 0 Å². The van der Waals surface area contributed by atoms with E-state index in [0.717, 1.165) is 45.2 Å². The molecule has 1 aliphatic rings. The van der Waals surface area contributed by atoms with Crippen molar-refractivity contribution in [1.82, 2.24) is 19.5 Å². The van der Waals surface area contributed by atoms with E-state index in [2.05, 4.69) is 151 Å². The molecule has 0 fully saturated rings. The molecule has 0 saturated carbocycles. The van der Waals surface area contributed by atoms with E-state index < -0.39 is 0 Å². The van der Waals surface area contributed by atoms with Crippen molar-refractivity contribution < 1.29 is 0 Å². The van der Waals surface area contributed by atoms with Crippen molar-refractivity contribution in [3.63, 3.8) is 0 Å². The van der Waals surface area contributed by atoms with Crippen molar-refractivity contribution in [3.8, 4) is 39.9 Å². The van der Waals surface area contributed by atoms with Gasteiger partial charge in [0.2, 0.25) is 0 Å². The predicted molar refractivity (Wildman–Crippen MR) is 213 cm³/mol. The first kappa shape index (κ1) is 29.7. The molecular formula is C46H32N4S. The minimum Gasteiger partial charge on any atom is -0.309 e. The standard InChI is InChI=1S/C46H32N4S/c1-29-26-33(30-14-5-2-6-15-30)28-39-38-27-32(24-25-41(38)51-43(29)39)45-47-44(31-16-7-3-8-17-31)48-46(49-45)37-22-13-21-36-35-20-11-12-23-40(35)50(42(36)37)34-18-9-4-10-19-34/h2-25,27-29H,26H2,1H3/t29-/m0/s1. The van der Waals surface area contributed by atoms with Crippen molar-refractivity contribution in [2.75, 3.05) is 0 Å². The molecule has 5 heteroatoms. The first-order valence-corrected chi connectivity index (χ1v) is 18.2. The van der Waals surface area contributed by atoms with Gasteiger partial charge in [-0.2, -0.15) is 0 Å². The van der Waals surface area contributed by atoms with Crippen LogP contribution in [0.5, 0.6) is 0 Å². The Labute approximate surface area is 300 Å². The molecule has 0 radical (unpaired) electrons. The number of fused-ring (bicyclic) bond motifs is 6. The lowest BCUT2D eigenvalue weighted by Gasteiger charge is -2.20. The van der Waals surface area contributed by atoms with Crippen LogP contribution < -0.4 is 0 Å². The quantitative estimate of drug-likeness (QED) is 0.183. The molecule has 51 heavy (non-hydrogen) atoms. The molecule has 9 aromatic rings. The Bertz CT molecular complexity index is 2780. The fourth-order valence-corrected chi connectivity index (χ4v) is 8.90. The van der Waals surface area contributed by atoms with Gasteiger partial charge in [0.05, 0.1) is 11.0 Å². The fourth-order valence-electron chi connectivity index (χ4n) is 7.68. The maximum Gasteiger partial charge on any atom is 0.166 e. The summed E-state index contributed by atoms with van der Waals surface area (Å²) < 4.78 is 3.63. The molecule has 0 spiro atoms. The van der Waals surface area contributed by atoms with Crippen molar-refractivity contribution in [2.45, 2.75) is 19.3 Å². The molecule has 3 heterocycles. The predicted octanol–water partition coefficient (Wildman–Crippen LogP) is 12.2. The van der Waals surface area contributed by atoms with E-state index in [1.807, 2.05) is 29.5 Å². The lowest BCUT2D eigenvalue weighted by atomic mass is 9.86. The molecule has 242 valence electrons. The maximum absolute atomic E-state index is 5.29. The highest BCUT2D eigenvalue weighted by Gasteiger charge is 2.24. The Morgan fingerprint density at radius 3 is 2.00 bits per heavy atom. The summed E-state index contributed by atoms with van der Waals surface area (Å²) in [6.45, 7) is 2.35. The van der Waals surface area contributed by atoms with Gasteiger partial charge < -0.3 is 4.57 Å². The molecule has 3 aromatic heterocycles. The molecule has 0 amide bonds. The third kappa shape index (κ3) is 5.00. The number of hydrogen-bond donors (Lipinski definition) is 0. The summed E-state index contributed by atoms with van der Waals surface area (Å²) >= 11 is 1.91. The van der Waals surface area contributed by atoms with Crippen LogP contribution in [0.2, 0.25) is 0 Å². The number of rotatable bonds is 5. The summed E-state index contributed by atoms with van der Waals surface area (Å²) in [4.78, 5) is 17.1. The van der Waals surface area contributed by atoms with Crippen LogP contribution in [-0.2, 0) is 0 Å². The normalized spacial score (nSPS) is 14.2. The van der Waals surface area contributed by atoms with Gasteiger partial charge in [-0.05, 0) is 77.6 Å². The topological polar surface area (TPSA) is 43.6 Å². The lowest BCUT2D eigenvalue weighted by molar-refractivity contribution is 0.803. The van der Waals surface area contributed by atoms with Crippen molar-refractivity contribution in [2.24, 2.45) is 0 Å². The Morgan fingerprint density at radius 2 is 1.22 bits per heavy atom. The number of benzene rings is 6. The zero-order valence-electron chi connectivity index (χ0n) is 28.0. The van der Waals surface area contributed by atoms with Gasteiger partial charge in [-0.3, -0.25) is 0 Å².